The number of hydrogen-bond donors (Lipinski definition) is 0. The third-order valence-electron chi connectivity index (χ3n) is 0. The van der Waals surface area contributed by atoms with Crippen LogP contribution in [0.15, 0.2) is 0 Å². The van der Waals surface area contributed by atoms with Gasteiger partial charge in [0.25, 0.3) is 0 Å². The third kappa shape index (κ3) is 18.9. The molecule has 0 heterocycles. The first-order valence-corrected chi connectivity index (χ1v) is 8.87. The van der Waals surface area contributed by atoms with Crippen LogP contribution in [0, 0.1) is 0 Å². The molecule has 0 bridgehead atoms. The van der Waals surface area contributed by atoms with Crippen molar-refractivity contribution in [2.24, 2.45) is 0 Å². The van der Waals surface area contributed by atoms with E-state index >= 15 is 0 Å². The Morgan fingerprint density at radius 1 is 1.20 bits per heavy atom. The fourth-order valence-corrected chi connectivity index (χ4v) is 0. The quantitative estimate of drug-likeness (QED) is 0.378. The van der Waals surface area contributed by atoms with E-state index in [1.54, 1.807) is 23.9 Å². The molecule has 0 aromatic carbocycles. The van der Waals surface area contributed by atoms with Crippen molar-refractivity contribution in [3.63, 3.8) is 0 Å². The molecule has 0 amide bonds. The Morgan fingerprint density at radius 3 is 1.20 bits per heavy atom. The second-order valence-corrected chi connectivity index (χ2v) is 0. The summed E-state index contributed by atoms with van der Waals surface area (Å²) < 4.78 is 0. The molecule has 1 radical (unpaired) electrons. The summed E-state index contributed by atoms with van der Waals surface area (Å²) in [6, 6.07) is 0. The third-order valence-corrected chi connectivity index (χ3v) is 0. The predicted molar refractivity (Wildman–Crippen MR) is 28.4 cm³/mol. The zero-order chi connectivity index (χ0) is 2.00. The SMILES string of the molecule is [AlH3].[MgH2].[Sc].[SiH3][Zr]. The van der Waals surface area contributed by atoms with E-state index in [9.17, 15) is 0 Å². The van der Waals surface area contributed by atoms with Crippen LogP contribution >= 0.6 is 0 Å². The molecule has 0 aliphatic carbocycles. The molecule has 0 N–H and O–H groups in total. The van der Waals surface area contributed by atoms with Gasteiger partial charge in [0, 0.05) is 25.8 Å². The molecule has 0 aromatic heterocycles. The molecular weight excluding hydrogens is 216 g/mol. The van der Waals surface area contributed by atoms with Crippen LogP contribution in [0.2, 0.25) is 0 Å². The van der Waals surface area contributed by atoms with Gasteiger partial charge in [0.1, 0.15) is 0 Å². The van der Waals surface area contributed by atoms with Gasteiger partial charge >= 0.3 is 54.3 Å². The Hall–Kier alpha value is 3.27. The molecule has 0 rings (SSSR count). The van der Waals surface area contributed by atoms with Gasteiger partial charge in [-0.15, -0.1) is 0 Å². The van der Waals surface area contributed by atoms with Crippen molar-refractivity contribution in [3.8, 4) is 0 Å². The fraction of sp³-hybridized carbons (Fsp3) is 0. The summed E-state index contributed by atoms with van der Waals surface area (Å²) >= 11 is 1.69. The van der Waals surface area contributed by atoms with Crippen molar-refractivity contribution in [2.75, 3.05) is 0 Å². The molecule has 24 valence electrons. The van der Waals surface area contributed by atoms with Gasteiger partial charge in [-0.25, -0.2) is 0 Å². The monoisotopic (exact) mass is 222 g/mol. The topological polar surface area (TPSA) is 0 Å². The van der Waals surface area contributed by atoms with Gasteiger partial charge < -0.3 is 0 Å². The summed E-state index contributed by atoms with van der Waals surface area (Å²) in [7, 11) is 1.40. The summed E-state index contributed by atoms with van der Waals surface area (Å²) in [6.07, 6.45) is 0. The van der Waals surface area contributed by atoms with Crippen molar-refractivity contribution in [1.82, 2.24) is 0 Å². The molecule has 0 nitrogen and oxygen atoms in total. The molecule has 0 saturated carbocycles. The molecule has 0 atom stereocenters. The van der Waals surface area contributed by atoms with Gasteiger partial charge in [0.05, 0.1) is 0 Å². The molecule has 0 aliphatic heterocycles. The van der Waals surface area contributed by atoms with Crippen LogP contribution < -0.4 is 0 Å². The first-order chi connectivity index (χ1) is 1.00. The van der Waals surface area contributed by atoms with Crippen molar-refractivity contribution in [2.45, 2.75) is 0 Å². The molecule has 0 unspecified atom stereocenters. The Morgan fingerprint density at radius 2 is 1.20 bits per heavy atom. The van der Waals surface area contributed by atoms with Crippen molar-refractivity contribution < 1.29 is 49.7 Å². The van der Waals surface area contributed by atoms with Crippen molar-refractivity contribution in [1.29, 1.82) is 0 Å². The van der Waals surface area contributed by atoms with Crippen LogP contribution in [0.1, 0.15) is 0 Å². The van der Waals surface area contributed by atoms with E-state index in [1.165, 1.54) is 7.37 Å². The predicted octanol–water partition coefficient (Wildman–Crippen LogP) is -3.29. The zero-order valence-corrected chi connectivity index (χ0v) is 8.34. The van der Waals surface area contributed by atoms with Crippen LogP contribution in [0.4, 0.5) is 0 Å². The van der Waals surface area contributed by atoms with Gasteiger partial charge in [-0.05, 0) is 0 Å². The Balaban J connectivity index is -0.00000000167. The average molecular weight is 224 g/mol. The molecule has 0 aromatic rings. The Labute approximate surface area is 95.5 Å². The molecule has 5 heteroatoms. The minimum absolute atomic E-state index is 0. The van der Waals surface area contributed by atoms with E-state index in [-0.39, 0.29) is 66.3 Å². The normalized spacial score (nSPS) is 1.40. The van der Waals surface area contributed by atoms with E-state index in [2.05, 4.69) is 0 Å². The average Bonchev–Trinajstić information content (AvgIpc) is 1.00. The summed E-state index contributed by atoms with van der Waals surface area (Å²) in [5.74, 6) is 0. The molecule has 0 saturated heterocycles. The van der Waals surface area contributed by atoms with Crippen molar-refractivity contribution in [3.05, 3.63) is 0 Å². The summed E-state index contributed by atoms with van der Waals surface area (Å²) in [4.78, 5) is 0. The Bertz CT molecular complexity index is 11.6. The van der Waals surface area contributed by atoms with E-state index < -0.39 is 0 Å². The standard InChI is InChI=1S/Al.Mg.Sc.H3Si.Zr.5H/h;;;1H3;;;;;;. The molecule has 5 heavy (non-hydrogen) atoms. The molecule has 0 aliphatic rings. The van der Waals surface area contributed by atoms with Crippen molar-refractivity contribution >= 4 is 47.8 Å². The second-order valence-electron chi connectivity index (χ2n) is 0. The van der Waals surface area contributed by atoms with Gasteiger partial charge in [0.15, 0.2) is 17.4 Å². The zero-order valence-electron chi connectivity index (χ0n) is 2.08. The minimum atomic E-state index is 0. The molecule has 0 fully saturated rings. The fourth-order valence-electron chi connectivity index (χ4n) is 0. The summed E-state index contributed by atoms with van der Waals surface area (Å²) in [5.41, 5.74) is 0. The Kier molecular flexibility index (Phi) is 128. The maximum atomic E-state index is 1.69. The van der Waals surface area contributed by atoms with Gasteiger partial charge in [0.2, 0.25) is 0 Å². The summed E-state index contributed by atoms with van der Waals surface area (Å²) in [5, 5.41) is 0. The van der Waals surface area contributed by atoms with Crippen LogP contribution in [0.5, 0.6) is 0 Å². The van der Waals surface area contributed by atoms with Crippen LogP contribution in [0.25, 0.3) is 0 Å². The maximum absolute atomic E-state index is 1.69. The van der Waals surface area contributed by atoms with E-state index in [1.807, 2.05) is 0 Å². The van der Waals surface area contributed by atoms with Crippen LogP contribution in [-0.2, 0) is 49.7 Å². The second kappa shape index (κ2) is 26.7. The molecular formula is H8AlMgScSiZr. The number of hydrogen-bond acceptors (Lipinski definition) is 0. The van der Waals surface area contributed by atoms with E-state index in [0.29, 0.717) is 0 Å². The van der Waals surface area contributed by atoms with E-state index in [0.717, 1.165) is 0 Å². The van der Waals surface area contributed by atoms with E-state index in [4.69, 9.17) is 0 Å². The summed E-state index contributed by atoms with van der Waals surface area (Å²) in [6.45, 7) is 0. The number of rotatable bonds is 0. The first kappa shape index (κ1) is 24.0. The van der Waals surface area contributed by atoms with Gasteiger partial charge in [-0.3, -0.25) is 0 Å². The first-order valence-electron chi connectivity index (χ1n) is 0.500. The van der Waals surface area contributed by atoms with Crippen LogP contribution in [0.3, 0.4) is 0 Å². The van der Waals surface area contributed by atoms with Crippen LogP contribution in [-0.4, -0.2) is 47.8 Å². The van der Waals surface area contributed by atoms with Gasteiger partial charge in [-0.1, -0.05) is 0 Å². The van der Waals surface area contributed by atoms with Gasteiger partial charge in [-0.2, -0.15) is 0 Å². The molecule has 0 spiro atoms.